The highest BCUT2D eigenvalue weighted by Crippen LogP contribution is 2.15. The Hall–Kier alpha value is -0.0800. The van der Waals surface area contributed by atoms with Crippen LogP contribution in [0.15, 0.2) is 0 Å². The Balaban J connectivity index is 4.55. The molecule has 0 aromatic heterocycles. The lowest BCUT2D eigenvalue weighted by molar-refractivity contribution is 0.0935. The van der Waals surface area contributed by atoms with Crippen LogP contribution in [0.3, 0.4) is 0 Å². The molecule has 2 heteroatoms. The van der Waals surface area contributed by atoms with Gasteiger partial charge in [-0.3, -0.25) is 9.80 Å². The van der Waals surface area contributed by atoms with Gasteiger partial charge in [0.05, 0.1) is 0 Å². The van der Waals surface area contributed by atoms with Crippen LogP contribution in [0.1, 0.15) is 48.5 Å². The van der Waals surface area contributed by atoms with Gasteiger partial charge in [-0.15, -0.1) is 0 Å². The van der Waals surface area contributed by atoms with Gasteiger partial charge in [0.25, 0.3) is 0 Å². The maximum Gasteiger partial charge on any atom is 0.0245 e. The Kier molecular flexibility index (Phi) is 7.25. The smallest absolute Gasteiger partial charge is 0.0245 e. The van der Waals surface area contributed by atoms with E-state index < -0.39 is 0 Å². The van der Waals surface area contributed by atoms with Crippen LogP contribution in [0.4, 0.5) is 0 Å². The highest BCUT2D eigenvalue weighted by Gasteiger charge is 2.23. The number of rotatable bonds is 7. The largest absolute Gasteiger partial charge is 0.300 e. The van der Waals surface area contributed by atoms with Gasteiger partial charge in [-0.1, -0.05) is 20.8 Å². The summed E-state index contributed by atoms with van der Waals surface area (Å²) >= 11 is 0. The van der Waals surface area contributed by atoms with Crippen molar-refractivity contribution in [3.63, 3.8) is 0 Å². The second kappa shape index (κ2) is 7.29. The molecular weight excluding hydrogens is 196 g/mol. The van der Waals surface area contributed by atoms with E-state index in [1.807, 2.05) is 0 Å². The molecule has 0 bridgehead atoms. The first-order valence-corrected chi connectivity index (χ1v) is 6.77. The van der Waals surface area contributed by atoms with Crippen molar-refractivity contribution in [2.75, 3.05) is 20.1 Å². The normalized spacial score (nSPS) is 14.8. The van der Waals surface area contributed by atoms with Gasteiger partial charge in [0, 0.05) is 24.7 Å². The van der Waals surface area contributed by atoms with E-state index in [-0.39, 0.29) is 0 Å². The third-order valence-electron chi connectivity index (χ3n) is 3.67. The lowest BCUT2D eigenvalue weighted by Gasteiger charge is -2.39. The first-order valence-electron chi connectivity index (χ1n) is 6.77. The average molecular weight is 228 g/mol. The van der Waals surface area contributed by atoms with E-state index >= 15 is 0 Å². The topological polar surface area (TPSA) is 6.48 Å². The molecule has 98 valence electrons. The molecular formula is C14H32N2. The molecule has 1 atom stereocenters. The zero-order valence-corrected chi connectivity index (χ0v) is 12.6. The summed E-state index contributed by atoms with van der Waals surface area (Å²) in [5.41, 5.74) is 0. The first kappa shape index (κ1) is 15.9. The summed E-state index contributed by atoms with van der Waals surface area (Å²) in [5, 5.41) is 0. The molecule has 0 N–H and O–H groups in total. The third-order valence-corrected chi connectivity index (χ3v) is 3.67. The molecule has 1 unspecified atom stereocenters. The van der Waals surface area contributed by atoms with Crippen LogP contribution in [0.5, 0.6) is 0 Å². The van der Waals surface area contributed by atoms with Crippen molar-refractivity contribution in [3.8, 4) is 0 Å². The summed E-state index contributed by atoms with van der Waals surface area (Å²) in [6, 6.07) is 1.92. The summed E-state index contributed by atoms with van der Waals surface area (Å²) in [4.78, 5) is 5.07. The Bertz CT molecular complexity index is 176. The first-order chi connectivity index (χ1) is 7.31. The molecule has 16 heavy (non-hydrogen) atoms. The summed E-state index contributed by atoms with van der Waals surface area (Å²) in [6.45, 7) is 18.4. The second-order valence-corrected chi connectivity index (χ2v) is 5.75. The van der Waals surface area contributed by atoms with Gasteiger partial charge in [-0.2, -0.15) is 0 Å². The van der Waals surface area contributed by atoms with Crippen molar-refractivity contribution >= 4 is 0 Å². The van der Waals surface area contributed by atoms with Crippen LogP contribution in [-0.2, 0) is 0 Å². The van der Waals surface area contributed by atoms with Crippen LogP contribution in [-0.4, -0.2) is 48.1 Å². The minimum atomic E-state index is 0.623. The fraction of sp³-hybridized carbons (Fsp3) is 1.00. The van der Waals surface area contributed by atoms with E-state index in [0.29, 0.717) is 24.0 Å². The summed E-state index contributed by atoms with van der Waals surface area (Å²) in [7, 11) is 2.25. The van der Waals surface area contributed by atoms with E-state index in [1.54, 1.807) is 0 Å². The van der Waals surface area contributed by atoms with Crippen molar-refractivity contribution in [3.05, 3.63) is 0 Å². The summed E-state index contributed by atoms with van der Waals surface area (Å²) < 4.78 is 0. The van der Waals surface area contributed by atoms with Gasteiger partial charge in [0.1, 0.15) is 0 Å². The third kappa shape index (κ3) is 4.84. The highest BCUT2D eigenvalue weighted by atomic mass is 15.2. The molecule has 0 aliphatic carbocycles. The maximum atomic E-state index is 2.56. The zero-order valence-electron chi connectivity index (χ0n) is 12.6. The van der Waals surface area contributed by atoms with Gasteiger partial charge < -0.3 is 0 Å². The van der Waals surface area contributed by atoms with Gasteiger partial charge in [-0.25, -0.2) is 0 Å². The molecule has 0 amide bonds. The lowest BCUT2D eigenvalue weighted by Crippen LogP contribution is -2.49. The molecule has 0 fully saturated rings. The van der Waals surface area contributed by atoms with Crippen LogP contribution in [0.2, 0.25) is 0 Å². The van der Waals surface area contributed by atoms with Gasteiger partial charge in [0.15, 0.2) is 0 Å². The minimum Gasteiger partial charge on any atom is -0.300 e. The Morgan fingerprint density at radius 1 is 0.875 bits per heavy atom. The molecule has 0 saturated heterocycles. The lowest BCUT2D eigenvalue weighted by atomic mass is 10.0. The SMILES string of the molecule is CCN(CC(C(C)C)N(C)C(C)C)C(C)C. The van der Waals surface area contributed by atoms with E-state index in [0.717, 1.165) is 6.54 Å². The van der Waals surface area contributed by atoms with E-state index in [9.17, 15) is 0 Å². The quantitative estimate of drug-likeness (QED) is 0.661. The second-order valence-electron chi connectivity index (χ2n) is 5.75. The van der Waals surface area contributed by atoms with Crippen LogP contribution >= 0.6 is 0 Å². The Labute approximate surface area is 103 Å². The fourth-order valence-corrected chi connectivity index (χ4v) is 2.14. The monoisotopic (exact) mass is 228 g/mol. The Morgan fingerprint density at radius 2 is 1.38 bits per heavy atom. The zero-order chi connectivity index (χ0) is 12.9. The molecule has 2 nitrogen and oxygen atoms in total. The number of hydrogen-bond donors (Lipinski definition) is 0. The van der Waals surface area contributed by atoms with Crippen LogP contribution < -0.4 is 0 Å². The average Bonchev–Trinajstić information content (AvgIpc) is 2.17. The molecule has 0 saturated carbocycles. The van der Waals surface area contributed by atoms with Gasteiger partial charge in [0.2, 0.25) is 0 Å². The van der Waals surface area contributed by atoms with Crippen molar-refractivity contribution in [1.82, 2.24) is 9.80 Å². The number of hydrogen-bond acceptors (Lipinski definition) is 2. The van der Waals surface area contributed by atoms with Crippen LogP contribution in [0, 0.1) is 5.92 Å². The molecule has 0 aromatic carbocycles. The summed E-state index contributed by atoms with van der Waals surface area (Å²) in [5.74, 6) is 0.709. The van der Waals surface area contributed by atoms with Gasteiger partial charge in [-0.05, 0) is 47.2 Å². The van der Waals surface area contributed by atoms with Crippen molar-refractivity contribution in [2.45, 2.75) is 66.6 Å². The van der Waals surface area contributed by atoms with Gasteiger partial charge >= 0.3 is 0 Å². The van der Waals surface area contributed by atoms with Crippen molar-refractivity contribution in [1.29, 1.82) is 0 Å². The number of nitrogens with zero attached hydrogens (tertiary/aromatic N) is 2. The van der Waals surface area contributed by atoms with E-state index in [2.05, 4.69) is 65.3 Å². The summed E-state index contributed by atoms with van der Waals surface area (Å²) in [6.07, 6.45) is 0. The minimum absolute atomic E-state index is 0.623. The van der Waals surface area contributed by atoms with E-state index in [4.69, 9.17) is 0 Å². The van der Waals surface area contributed by atoms with Crippen molar-refractivity contribution in [2.24, 2.45) is 5.92 Å². The van der Waals surface area contributed by atoms with Crippen LogP contribution in [0.25, 0.3) is 0 Å². The fourth-order valence-electron chi connectivity index (χ4n) is 2.14. The predicted molar refractivity (Wildman–Crippen MR) is 73.9 cm³/mol. The molecule has 0 radical (unpaired) electrons. The molecule has 0 aliphatic rings. The maximum absolute atomic E-state index is 2.56. The standard InChI is InChI=1S/C14H32N2/c1-9-16(13(6)7)10-14(11(2)3)15(8)12(4)5/h11-14H,9-10H2,1-8H3. The van der Waals surface area contributed by atoms with E-state index in [1.165, 1.54) is 6.54 Å². The molecule has 0 rings (SSSR count). The van der Waals surface area contributed by atoms with Crippen molar-refractivity contribution < 1.29 is 0 Å². The predicted octanol–water partition coefficient (Wildman–Crippen LogP) is 3.08. The Morgan fingerprint density at radius 3 is 1.62 bits per heavy atom. The molecule has 0 spiro atoms. The molecule has 0 aromatic rings. The highest BCUT2D eigenvalue weighted by molar-refractivity contribution is 4.79. The number of likely N-dealkylation sites (N-methyl/N-ethyl adjacent to an activating group) is 2. The molecule has 0 aliphatic heterocycles. The molecule has 0 heterocycles.